The second-order valence-corrected chi connectivity index (χ2v) is 5.94. The Morgan fingerprint density at radius 2 is 2.19 bits per heavy atom. The number of amides is 2. The molecule has 0 saturated heterocycles. The summed E-state index contributed by atoms with van der Waals surface area (Å²) in [4.78, 5) is 31.2. The van der Waals surface area contributed by atoms with E-state index >= 15 is 0 Å². The summed E-state index contributed by atoms with van der Waals surface area (Å²) >= 11 is 2.41. The number of rotatable bonds is 5. The molecule has 21 heavy (non-hydrogen) atoms. The van der Waals surface area contributed by atoms with Crippen LogP contribution in [0.5, 0.6) is 0 Å². The largest absolute Gasteiger partial charge is 0.384 e. The minimum atomic E-state index is -0.575. The van der Waals surface area contributed by atoms with Crippen molar-refractivity contribution < 1.29 is 9.59 Å². The second-order valence-electron chi connectivity index (χ2n) is 4.08. The van der Waals surface area contributed by atoms with Crippen molar-refractivity contribution in [2.24, 2.45) is 5.73 Å². The number of anilines is 2. The van der Waals surface area contributed by atoms with Crippen LogP contribution in [-0.4, -0.2) is 27.5 Å². The maximum Gasteiger partial charge on any atom is 0.251 e. The standard InChI is InChI=1S/C12H13N5O2S2/c1-6-4-8(13)16-12(15-6)21-5-9(18)17-11-7(10(14)19)2-3-20-11/h2-4H,5H2,1H3,(H2,14,19)(H,17,18)(H2,13,15,16). The van der Waals surface area contributed by atoms with Gasteiger partial charge in [0, 0.05) is 11.8 Å². The van der Waals surface area contributed by atoms with Crippen molar-refractivity contribution in [2.75, 3.05) is 16.8 Å². The number of nitrogen functional groups attached to an aromatic ring is 1. The third-order valence-corrected chi connectivity index (χ3v) is 4.05. The first-order chi connectivity index (χ1) is 9.95. The molecule has 7 nitrogen and oxygen atoms in total. The number of nitrogens with two attached hydrogens (primary N) is 2. The topological polar surface area (TPSA) is 124 Å². The zero-order valence-corrected chi connectivity index (χ0v) is 12.8. The van der Waals surface area contributed by atoms with E-state index in [-0.39, 0.29) is 11.7 Å². The van der Waals surface area contributed by atoms with E-state index in [0.717, 1.165) is 5.69 Å². The minimum absolute atomic E-state index is 0.110. The Labute approximate surface area is 129 Å². The van der Waals surface area contributed by atoms with Crippen LogP contribution in [0.3, 0.4) is 0 Å². The summed E-state index contributed by atoms with van der Waals surface area (Å²) in [5, 5.41) is 5.21. The molecule has 2 aromatic heterocycles. The van der Waals surface area contributed by atoms with Gasteiger partial charge in [-0.05, 0) is 18.4 Å². The molecule has 0 bridgehead atoms. The Morgan fingerprint density at radius 3 is 2.86 bits per heavy atom. The van der Waals surface area contributed by atoms with Crippen LogP contribution in [0.2, 0.25) is 0 Å². The second kappa shape index (κ2) is 6.55. The number of hydrogen-bond donors (Lipinski definition) is 3. The summed E-state index contributed by atoms with van der Waals surface area (Å²) < 4.78 is 0. The highest BCUT2D eigenvalue weighted by Gasteiger charge is 2.13. The molecule has 0 aromatic carbocycles. The van der Waals surface area contributed by atoms with Gasteiger partial charge < -0.3 is 16.8 Å². The molecule has 2 heterocycles. The van der Waals surface area contributed by atoms with Crippen LogP contribution in [-0.2, 0) is 4.79 Å². The molecule has 0 atom stereocenters. The molecule has 0 unspecified atom stereocenters. The zero-order chi connectivity index (χ0) is 15.4. The number of hydrogen-bond acceptors (Lipinski definition) is 7. The summed E-state index contributed by atoms with van der Waals surface area (Å²) in [7, 11) is 0. The van der Waals surface area contributed by atoms with Crippen molar-refractivity contribution in [1.82, 2.24) is 9.97 Å². The number of thioether (sulfide) groups is 1. The van der Waals surface area contributed by atoms with Crippen molar-refractivity contribution in [3.63, 3.8) is 0 Å². The van der Waals surface area contributed by atoms with E-state index in [1.807, 2.05) is 0 Å². The average Bonchev–Trinajstić information content (AvgIpc) is 2.83. The van der Waals surface area contributed by atoms with Crippen molar-refractivity contribution >= 4 is 45.7 Å². The molecular weight excluding hydrogens is 310 g/mol. The monoisotopic (exact) mass is 323 g/mol. The van der Waals surface area contributed by atoms with Gasteiger partial charge in [-0.1, -0.05) is 11.8 Å². The fourth-order valence-corrected chi connectivity index (χ4v) is 3.04. The third-order valence-electron chi connectivity index (χ3n) is 2.37. The Hall–Kier alpha value is -2.13. The number of nitrogens with one attached hydrogen (secondary N) is 1. The first-order valence-corrected chi connectivity index (χ1v) is 7.73. The number of primary amides is 1. The molecule has 2 amide bonds. The van der Waals surface area contributed by atoms with Crippen LogP contribution in [0.4, 0.5) is 10.8 Å². The number of thiophene rings is 1. The van der Waals surface area contributed by atoms with Crippen LogP contribution >= 0.6 is 23.1 Å². The van der Waals surface area contributed by atoms with E-state index in [9.17, 15) is 9.59 Å². The van der Waals surface area contributed by atoms with E-state index in [2.05, 4.69) is 15.3 Å². The van der Waals surface area contributed by atoms with E-state index in [1.165, 1.54) is 23.1 Å². The van der Waals surface area contributed by atoms with Gasteiger partial charge in [0.25, 0.3) is 5.91 Å². The predicted molar refractivity (Wildman–Crippen MR) is 83.4 cm³/mol. The fourth-order valence-electron chi connectivity index (χ4n) is 1.52. The van der Waals surface area contributed by atoms with Gasteiger partial charge in [0.2, 0.25) is 5.91 Å². The van der Waals surface area contributed by atoms with E-state index in [4.69, 9.17) is 11.5 Å². The van der Waals surface area contributed by atoms with Gasteiger partial charge in [-0.25, -0.2) is 9.97 Å². The molecule has 0 saturated carbocycles. The summed E-state index contributed by atoms with van der Waals surface area (Å²) in [5.41, 5.74) is 11.9. The first kappa shape index (κ1) is 15.3. The highest BCUT2D eigenvalue weighted by atomic mass is 32.2. The van der Waals surface area contributed by atoms with Gasteiger partial charge in [-0.3, -0.25) is 9.59 Å². The number of carbonyl (C=O) groups is 2. The molecule has 0 aliphatic carbocycles. The summed E-state index contributed by atoms with van der Waals surface area (Å²) in [6.45, 7) is 1.80. The van der Waals surface area contributed by atoms with Crippen molar-refractivity contribution in [3.8, 4) is 0 Å². The Bertz CT molecular complexity index is 666. The van der Waals surface area contributed by atoms with E-state index in [1.54, 1.807) is 24.4 Å². The quantitative estimate of drug-likeness (QED) is 0.562. The molecular formula is C12H13N5O2S2. The first-order valence-electron chi connectivity index (χ1n) is 5.87. The molecule has 0 radical (unpaired) electrons. The third kappa shape index (κ3) is 4.17. The van der Waals surface area contributed by atoms with Gasteiger partial charge >= 0.3 is 0 Å². The molecule has 2 aromatic rings. The summed E-state index contributed by atoms with van der Waals surface area (Å²) in [6.07, 6.45) is 0. The van der Waals surface area contributed by atoms with Crippen LogP contribution in [0, 0.1) is 6.92 Å². The molecule has 2 rings (SSSR count). The highest BCUT2D eigenvalue weighted by Crippen LogP contribution is 2.23. The van der Waals surface area contributed by atoms with Crippen LogP contribution < -0.4 is 16.8 Å². The lowest BCUT2D eigenvalue weighted by Gasteiger charge is -2.05. The van der Waals surface area contributed by atoms with Gasteiger partial charge in [0.15, 0.2) is 5.16 Å². The number of aromatic nitrogens is 2. The minimum Gasteiger partial charge on any atom is -0.384 e. The van der Waals surface area contributed by atoms with E-state index < -0.39 is 5.91 Å². The van der Waals surface area contributed by atoms with Crippen molar-refractivity contribution in [3.05, 3.63) is 28.8 Å². The molecule has 5 N–H and O–H groups in total. The van der Waals surface area contributed by atoms with Crippen LogP contribution in [0.1, 0.15) is 16.1 Å². The van der Waals surface area contributed by atoms with Crippen molar-refractivity contribution in [2.45, 2.75) is 12.1 Å². The van der Waals surface area contributed by atoms with Gasteiger partial charge in [0.05, 0.1) is 11.3 Å². The highest BCUT2D eigenvalue weighted by molar-refractivity contribution is 7.99. The zero-order valence-electron chi connectivity index (χ0n) is 11.1. The lowest BCUT2D eigenvalue weighted by molar-refractivity contribution is -0.113. The molecule has 110 valence electrons. The lowest BCUT2D eigenvalue weighted by atomic mass is 10.3. The molecule has 0 fully saturated rings. The molecule has 0 aliphatic heterocycles. The van der Waals surface area contributed by atoms with Gasteiger partial charge in [-0.2, -0.15) is 0 Å². The summed E-state index contributed by atoms with van der Waals surface area (Å²) in [5.74, 6) is -0.374. The molecule has 0 aliphatic rings. The Morgan fingerprint density at radius 1 is 1.43 bits per heavy atom. The van der Waals surface area contributed by atoms with Gasteiger partial charge in [-0.15, -0.1) is 11.3 Å². The predicted octanol–water partition coefficient (Wildman–Crippen LogP) is 1.26. The van der Waals surface area contributed by atoms with Crippen LogP contribution in [0.15, 0.2) is 22.7 Å². The SMILES string of the molecule is Cc1cc(N)nc(SCC(=O)Nc2sccc2C(N)=O)n1. The number of carbonyl (C=O) groups excluding carboxylic acids is 2. The number of aryl methyl sites for hydroxylation is 1. The molecule has 9 heteroatoms. The number of nitrogens with zero attached hydrogens (tertiary/aromatic N) is 2. The van der Waals surface area contributed by atoms with Crippen LogP contribution in [0.25, 0.3) is 0 Å². The van der Waals surface area contributed by atoms with Crippen molar-refractivity contribution in [1.29, 1.82) is 0 Å². The average molecular weight is 323 g/mol. The van der Waals surface area contributed by atoms with Gasteiger partial charge in [0.1, 0.15) is 10.8 Å². The Balaban J connectivity index is 1.96. The fraction of sp³-hybridized carbons (Fsp3) is 0.167. The van der Waals surface area contributed by atoms with E-state index in [0.29, 0.717) is 21.5 Å². The Kier molecular flexibility index (Phi) is 4.76. The maximum absolute atomic E-state index is 11.9. The normalized spacial score (nSPS) is 10.3. The summed E-state index contributed by atoms with van der Waals surface area (Å²) in [6, 6.07) is 3.22. The lowest BCUT2D eigenvalue weighted by Crippen LogP contribution is -2.18. The maximum atomic E-state index is 11.9. The molecule has 0 spiro atoms. The smallest absolute Gasteiger partial charge is 0.251 e.